The first-order valence-corrected chi connectivity index (χ1v) is 6.13. The van der Waals surface area contributed by atoms with E-state index >= 15 is 0 Å². The van der Waals surface area contributed by atoms with E-state index < -0.39 is 5.60 Å². The number of nitrogens with zero attached hydrogens (tertiary/aromatic N) is 3. The summed E-state index contributed by atoms with van der Waals surface area (Å²) in [5, 5.41) is 13.1. The molecule has 7 nitrogen and oxygen atoms in total. The molecule has 0 aromatic carbocycles. The summed E-state index contributed by atoms with van der Waals surface area (Å²) in [6, 6.07) is 0.184. The molecular weight excluding hydrogens is 234 g/mol. The second-order valence-electron chi connectivity index (χ2n) is 4.02. The van der Waals surface area contributed by atoms with Gasteiger partial charge in [-0.1, -0.05) is 13.8 Å². The van der Waals surface area contributed by atoms with Crippen LogP contribution in [0.25, 0.3) is 0 Å². The van der Waals surface area contributed by atoms with Crippen molar-refractivity contribution in [3.63, 3.8) is 0 Å². The fraction of sp³-hybridized carbons (Fsp3) is 0.727. The van der Waals surface area contributed by atoms with Crippen molar-refractivity contribution in [3.05, 3.63) is 0 Å². The van der Waals surface area contributed by atoms with E-state index in [0.29, 0.717) is 31.9 Å². The summed E-state index contributed by atoms with van der Waals surface area (Å²) in [7, 11) is 0. The standard InChI is InChI=1S/C11H21N5O2/c1-4-11(17,5-2)7-13-9-14-8(12)15-10(16-9)18-6-3/h17H,4-7H2,1-3H3,(H3,12,13,14,15,16). The summed E-state index contributed by atoms with van der Waals surface area (Å²) in [6.45, 7) is 6.50. The first kappa shape index (κ1) is 14.4. The summed E-state index contributed by atoms with van der Waals surface area (Å²) < 4.78 is 5.17. The SMILES string of the molecule is CCOc1nc(N)nc(NCC(O)(CC)CC)n1. The van der Waals surface area contributed by atoms with E-state index in [4.69, 9.17) is 10.5 Å². The number of rotatable bonds is 7. The van der Waals surface area contributed by atoms with Crippen LogP contribution in [0.2, 0.25) is 0 Å². The molecule has 0 spiro atoms. The van der Waals surface area contributed by atoms with Crippen molar-refractivity contribution in [1.82, 2.24) is 15.0 Å². The van der Waals surface area contributed by atoms with Crippen molar-refractivity contribution in [2.75, 3.05) is 24.2 Å². The lowest BCUT2D eigenvalue weighted by Gasteiger charge is -2.25. The molecule has 0 saturated heterocycles. The molecule has 0 unspecified atom stereocenters. The molecule has 0 radical (unpaired) electrons. The van der Waals surface area contributed by atoms with Gasteiger partial charge in [-0.15, -0.1) is 0 Å². The molecule has 1 rings (SSSR count). The lowest BCUT2D eigenvalue weighted by atomic mass is 9.98. The van der Waals surface area contributed by atoms with Gasteiger partial charge >= 0.3 is 6.01 Å². The third-order valence-electron chi connectivity index (χ3n) is 2.80. The van der Waals surface area contributed by atoms with Gasteiger partial charge in [0, 0.05) is 6.54 Å². The smallest absolute Gasteiger partial charge is 0.323 e. The zero-order valence-corrected chi connectivity index (χ0v) is 11.1. The van der Waals surface area contributed by atoms with Crippen LogP contribution in [0.1, 0.15) is 33.6 Å². The van der Waals surface area contributed by atoms with Crippen LogP contribution in [0.4, 0.5) is 11.9 Å². The summed E-state index contributed by atoms with van der Waals surface area (Å²) >= 11 is 0. The van der Waals surface area contributed by atoms with E-state index in [1.165, 1.54) is 0 Å². The van der Waals surface area contributed by atoms with Crippen molar-refractivity contribution >= 4 is 11.9 Å². The third-order valence-corrected chi connectivity index (χ3v) is 2.80. The predicted molar refractivity (Wildman–Crippen MR) is 69.4 cm³/mol. The Kier molecular flexibility index (Phi) is 5.08. The topological polar surface area (TPSA) is 106 Å². The molecule has 4 N–H and O–H groups in total. The largest absolute Gasteiger partial charge is 0.464 e. The van der Waals surface area contributed by atoms with Crippen LogP contribution < -0.4 is 15.8 Å². The van der Waals surface area contributed by atoms with Crippen LogP contribution in [0.3, 0.4) is 0 Å². The van der Waals surface area contributed by atoms with Crippen molar-refractivity contribution < 1.29 is 9.84 Å². The van der Waals surface area contributed by atoms with Crippen molar-refractivity contribution in [2.24, 2.45) is 0 Å². The highest BCUT2D eigenvalue weighted by atomic mass is 16.5. The Morgan fingerprint density at radius 2 is 1.89 bits per heavy atom. The highest BCUT2D eigenvalue weighted by Gasteiger charge is 2.22. The van der Waals surface area contributed by atoms with E-state index in [1.807, 2.05) is 20.8 Å². The van der Waals surface area contributed by atoms with Gasteiger partial charge in [0.25, 0.3) is 0 Å². The molecule has 1 aromatic heterocycles. The third kappa shape index (κ3) is 3.99. The zero-order chi connectivity index (χ0) is 13.6. The van der Waals surface area contributed by atoms with Crippen molar-refractivity contribution in [2.45, 2.75) is 39.2 Å². The molecule has 18 heavy (non-hydrogen) atoms. The fourth-order valence-electron chi connectivity index (χ4n) is 1.39. The van der Waals surface area contributed by atoms with Gasteiger partial charge in [0.1, 0.15) is 0 Å². The number of nitrogens with two attached hydrogens (primary N) is 1. The Morgan fingerprint density at radius 3 is 2.44 bits per heavy atom. The highest BCUT2D eigenvalue weighted by molar-refractivity contribution is 5.32. The minimum absolute atomic E-state index is 0.0903. The van der Waals surface area contributed by atoms with E-state index in [2.05, 4.69) is 20.3 Å². The van der Waals surface area contributed by atoms with Gasteiger partial charge in [0.05, 0.1) is 12.2 Å². The van der Waals surface area contributed by atoms with Crippen LogP contribution in [-0.2, 0) is 0 Å². The molecule has 1 aromatic rings. The molecule has 0 aliphatic rings. The van der Waals surface area contributed by atoms with Crippen LogP contribution in [0.15, 0.2) is 0 Å². The second-order valence-corrected chi connectivity index (χ2v) is 4.02. The summed E-state index contributed by atoms with van der Waals surface area (Å²) in [5.74, 6) is 0.402. The van der Waals surface area contributed by atoms with Gasteiger partial charge in [-0.3, -0.25) is 0 Å². The summed E-state index contributed by atoms with van der Waals surface area (Å²) in [6.07, 6.45) is 1.30. The average molecular weight is 255 g/mol. The second kappa shape index (κ2) is 6.34. The van der Waals surface area contributed by atoms with Crippen molar-refractivity contribution in [1.29, 1.82) is 0 Å². The van der Waals surface area contributed by atoms with Gasteiger partial charge < -0.3 is 20.9 Å². The Morgan fingerprint density at radius 1 is 1.22 bits per heavy atom. The number of nitrogen functional groups attached to an aromatic ring is 1. The number of anilines is 2. The minimum atomic E-state index is -0.771. The van der Waals surface area contributed by atoms with Crippen molar-refractivity contribution in [3.8, 4) is 6.01 Å². The first-order chi connectivity index (χ1) is 8.53. The monoisotopic (exact) mass is 255 g/mol. The van der Waals surface area contributed by atoms with Crippen LogP contribution >= 0.6 is 0 Å². The minimum Gasteiger partial charge on any atom is -0.464 e. The molecular formula is C11H21N5O2. The molecule has 0 amide bonds. The van der Waals surface area contributed by atoms with Crippen LogP contribution in [0.5, 0.6) is 6.01 Å². The molecule has 0 bridgehead atoms. The van der Waals surface area contributed by atoms with Gasteiger partial charge in [-0.05, 0) is 19.8 Å². The predicted octanol–water partition coefficient (Wildman–Crippen LogP) is 0.815. The van der Waals surface area contributed by atoms with Crippen LogP contribution in [0, 0.1) is 0 Å². The fourth-order valence-corrected chi connectivity index (χ4v) is 1.39. The first-order valence-electron chi connectivity index (χ1n) is 6.13. The van der Waals surface area contributed by atoms with E-state index in [1.54, 1.807) is 0 Å². The van der Waals surface area contributed by atoms with Gasteiger partial charge in [0.15, 0.2) is 0 Å². The zero-order valence-electron chi connectivity index (χ0n) is 11.1. The Bertz CT molecular complexity index is 382. The number of ether oxygens (including phenoxy) is 1. The molecule has 0 aliphatic heterocycles. The lowest BCUT2D eigenvalue weighted by Crippen LogP contribution is -2.35. The number of hydrogen-bond acceptors (Lipinski definition) is 7. The molecule has 0 aliphatic carbocycles. The molecule has 1 heterocycles. The van der Waals surface area contributed by atoms with E-state index in [9.17, 15) is 5.11 Å². The Balaban J connectivity index is 2.72. The average Bonchev–Trinajstić information content (AvgIpc) is 2.36. The Hall–Kier alpha value is -1.63. The number of aromatic nitrogens is 3. The van der Waals surface area contributed by atoms with Gasteiger partial charge in [-0.2, -0.15) is 15.0 Å². The maximum atomic E-state index is 10.1. The quantitative estimate of drug-likeness (QED) is 0.662. The lowest BCUT2D eigenvalue weighted by molar-refractivity contribution is 0.0455. The maximum absolute atomic E-state index is 10.1. The number of hydrogen-bond donors (Lipinski definition) is 3. The van der Waals surface area contributed by atoms with E-state index in [0.717, 1.165) is 0 Å². The van der Waals surface area contributed by atoms with Crippen LogP contribution in [-0.4, -0.2) is 38.8 Å². The molecule has 0 saturated carbocycles. The number of aliphatic hydroxyl groups is 1. The molecule has 102 valence electrons. The highest BCUT2D eigenvalue weighted by Crippen LogP contribution is 2.16. The molecule has 0 fully saturated rings. The summed E-state index contributed by atoms with van der Waals surface area (Å²) in [5.41, 5.74) is 4.78. The molecule has 0 atom stereocenters. The maximum Gasteiger partial charge on any atom is 0.323 e. The molecule has 7 heteroatoms. The van der Waals surface area contributed by atoms with Gasteiger partial charge in [0.2, 0.25) is 11.9 Å². The van der Waals surface area contributed by atoms with E-state index in [-0.39, 0.29) is 12.0 Å². The summed E-state index contributed by atoms with van der Waals surface area (Å²) in [4.78, 5) is 11.8. The number of nitrogens with one attached hydrogen (secondary N) is 1. The van der Waals surface area contributed by atoms with Gasteiger partial charge in [-0.25, -0.2) is 0 Å². The normalized spacial score (nSPS) is 11.3. The Labute approximate surface area is 107 Å².